The quantitative estimate of drug-likeness (QED) is 0.573. The zero-order chi connectivity index (χ0) is 12.6. The average Bonchev–Trinajstić information content (AvgIpc) is 2.61. The highest BCUT2D eigenvalue weighted by atomic mass is 79.9. The minimum Gasteiger partial charge on any atom is -0.144 e. The van der Waals surface area contributed by atoms with Crippen LogP contribution >= 0.6 is 43.2 Å². The van der Waals surface area contributed by atoms with E-state index in [1.165, 1.54) is 30.9 Å². The molecule has 0 spiro atoms. The second-order valence-electron chi connectivity index (χ2n) is 4.28. The van der Waals surface area contributed by atoms with Crippen LogP contribution in [0.3, 0.4) is 0 Å². The molecule has 0 N–H and O–H groups in total. The molecule has 0 saturated carbocycles. The number of aryl methyl sites for hydroxylation is 3. The lowest BCUT2D eigenvalue weighted by atomic mass is 10.1. The second-order valence-corrected chi connectivity index (χ2v) is 7.33. The summed E-state index contributed by atoms with van der Waals surface area (Å²) in [6.07, 6.45) is 0. The van der Waals surface area contributed by atoms with E-state index in [0.717, 1.165) is 0 Å². The van der Waals surface area contributed by atoms with Crippen molar-refractivity contribution in [3.05, 3.63) is 55.2 Å². The highest BCUT2D eigenvalue weighted by Crippen LogP contribution is 2.38. The van der Waals surface area contributed by atoms with E-state index in [2.05, 4.69) is 76.9 Å². The molecule has 1 aromatic carbocycles. The lowest BCUT2D eigenvalue weighted by Gasteiger charge is -2.11. The molecule has 90 valence electrons. The van der Waals surface area contributed by atoms with Crippen molar-refractivity contribution in [2.75, 3.05) is 0 Å². The van der Waals surface area contributed by atoms with Gasteiger partial charge in [0.05, 0.1) is 4.83 Å². The van der Waals surface area contributed by atoms with Gasteiger partial charge in [0, 0.05) is 14.2 Å². The molecule has 0 bridgehead atoms. The van der Waals surface area contributed by atoms with E-state index >= 15 is 0 Å². The normalized spacial score (nSPS) is 12.8. The van der Waals surface area contributed by atoms with Gasteiger partial charge >= 0.3 is 0 Å². The zero-order valence-corrected chi connectivity index (χ0v) is 14.0. The maximum absolute atomic E-state index is 3.81. The summed E-state index contributed by atoms with van der Waals surface area (Å²) in [5.74, 6) is 0. The number of rotatable bonds is 2. The summed E-state index contributed by atoms with van der Waals surface area (Å²) in [7, 11) is 0. The van der Waals surface area contributed by atoms with E-state index in [9.17, 15) is 0 Å². The van der Waals surface area contributed by atoms with Gasteiger partial charge in [0.25, 0.3) is 0 Å². The third kappa shape index (κ3) is 2.83. The van der Waals surface area contributed by atoms with Crippen LogP contribution < -0.4 is 0 Å². The highest BCUT2D eigenvalue weighted by molar-refractivity contribution is 9.10. The van der Waals surface area contributed by atoms with Crippen LogP contribution in [0.25, 0.3) is 0 Å². The molecule has 1 heterocycles. The van der Waals surface area contributed by atoms with Crippen molar-refractivity contribution >= 4 is 43.2 Å². The molecule has 1 unspecified atom stereocenters. The Hall–Kier alpha value is -0.120. The number of hydrogen-bond acceptors (Lipinski definition) is 1. The van der Waals surface area contributed by atoms with Crippen LogP contribution in [-0.4, -0.2) is 0 Å². The predicted molar refractivity (Wildman–Crippen MR) is 83.4 cm³/mol. The van der Waals surface area contributed by atoms with Gasteiger partial charge in [-0.1, -0.05) is 44.0 Å². The Bertz CT molecular complexity index is 543. The first-order valence-corrected chi connectivity index (χ1v) is 7.98. The summed E-state index contributed by atoms with van der Waals surface area (Å²) in [4.78, 5) is 3.06. The zero-order valence-electron chi connectivity index (χ0n) is 10.1. The van der Waals surface area contributed by atoms with E-state index in [1.54, 1.807) is 0 Å². The first-order valence-electron chi connectivity index (χ1n) is 5.46. The fraction of sp³-hybridized carbons (Fsp3) is 0.286. The van der Waals surface area contributed by atoms with Crippen LogP contribution in [0.4, 0.5) is 0 Å². The van der Waals surface area contributed by atoms with Crippen LogP contribution in [0.15, 0.2) is 28.7 Å². The Kier molecular flexibility index (Phi) is 4.11. The molecule has 0 radical (unpaired) electrons. The van der Waals surface area contributed by atoms with Crippen molar-refractivity contribution in [1.82, 2.24) is 0 Å². The Morgan fingerprint density at radius 2 is 1.76 bits per heavy atom. The Morgan fingerprint density at radius 1 is 1.06 bits per heavy atom. The number of thiophene rings is 1. The third-order valence-corrected chi connectivity index (χ3v) is 6.16. The molecule has 0 aliphatic heterocycles. The molecule has 17 heavy (non-hydrogen) atoms. The molecule has 0 nitrogen and oxygen atoms in total. The van der Waals surface area contributed by atoms with Crippen LogP contribution in [0.1, 0.15) is 31.3 Å². The largest absolute Gasteiger partial charge is 0.144 e. The monoisotopic (exact) mass is 372 g/mol. The number of alkyl halides is 1. The molecule has 0 aliphatic carbocycles. The molecule has 2 rings (SSSR count). The topological polar surface area (TPSA) is 0 Å². The Labute approximate surface area is 123 Å². The van der Waals surface area contributed by atoms with Crippen molar-refractivity contribution in [1.29, 1.82) is 0 Å². The summed E-state index contributed by atoms with van der Waals surface area (Å²) in [5.41, 5.74) is 3.94. The van der Waals surface area contributed by atoms with E-state index in [-0.39, 0.29) is 4.83 Å². The molecule has 0 saturated heterocycles. The molecule has 1 aromatic heterocycles. The summed E-state index contributed by atoms with van der Waals surface area (Å²) in [5, 5.41) is 0. The SMILES string of the molecule is Cc1cc(C)c(C(Br)c2ccc(C)c(Br)c2)s1. The molecule has 3 heteroatoms. The van der Waals surface area contributed by atoms with Gasteiger partial charge in [0.2, 0.25) is 0 Å². The fourth-order valence-electron chi connectivity index (χ4n) is 1.83. The van der Waals surface area contributed by atoms with Crippen molar-refractivity contribution in [2.24, 2.45) is 0 Å². The van der Waals surface area contributed by atoms with Crippen molar-refractivity contribution < 1.29 is 0 Å². The smallest absolute Gasteiger partial charge is 0.0741 e. The lowest BCUT2D eigenvalue weighted by Crippen LogP contribution is -1.92. The van der Waals surface area contributed by atoms with Crippen LogP contribution in [-0.2, 0) is 0 Å². The Morgan fingerprint density at radius 3 is 2.29 bits per heavy atom. The summed E-state index contributed by atoms with van der Waals surface area (Å²) in [6.45, 7) is 6.44. The molecule has 2 aromatic rings. The van der Waals surface area contributed by atoms with Crippen LogP contribution in [0.5, 0.6) is 0 Å². The van der Waals surface area contributed by atoms with Gasteiger partial charge in [-0.15, -0.1) is 11.3 Å². The number of halogens is 2. The molecule has 0 aliphatic rings. The summed E-state index contributed by atoms with van der Waals surface area (Å²) >= 11 is 9.26. The number of hydrogen-bond donors (Lipinski definition) is 0. The number of benzene rings is 1. The molecule has 0 amide bonds. The van der Waals surface area contributed by atoms with E-state index in [0.29, 0.717) is 0 Å². The van der Waals surface area contributed by atoms with Crippen LogP contribution in [0, 0.1) is 20.8 Å². The third-order valence-electron chi connectivity index (χ3n) is 2.80. The minimum atomic E-state index is 0.290. The van der Waals surface area contributed by atoms with Gasteiger partial charge in [-0.2, -0.15) is 0 Å². The lowest BCUT2D eigenvalue weighted by molar-refractivity contribution is 1.18. The van der Waals surface area contributed by atoms with Crippen molar-refractivity contribution in [2.45, 2.75) is 25.6 Å². The van der Waals surface area contributed by atoms with Crippen molar-refractivity contribution in [3.8, 4) is 0 Å². The average molecular weight is 374 g/mol. The van der Waals surface area contributed by atoms with E-state index in [4.69, 9.17) is 0 Å². The van der Waals surface area contributed by atoms with Gasteiger partial charge in [-0.25, -0.2) is 0 Å². The van der Waals surface area contributed by atoms with Gasteiger partial charge < -0.3 is 0 Å². The van der Waals surface area contributed by atoms with E-state index < -0.39 is 0 Å². The first kappa shape index (κ1) is 13.3. The second kappa shape index (κ2) is 5.25. The standard InChI is InChI=1S/C14H14Br2S/c1-8-4-5-11(7-12(8)15)13(16)14-9(2)6-10(3)17-14/h4-7,13H,1-3H3. The van der Waals surface area contributed by atoms with Gasteiger partial charge in [0.1, 0.15) is 0 Å². The molecule has 0 fully saturated rings. The molecular weight excluding hydrogens is 360 g/mol. The summed E-state index contributed by atoms with van der Waals surface area (Å²) in [6, 6.07) is 8.79. The molecule has 1 atom stereocenters. The van der Waals surface area contributed by atoms with E-state index in [1.807, 2.05) is 11.3 Å². The maximum atomic E-state index is 3.81. The molecular formula is C14H14Br2S. The van der Waals surface area contributed by atoms with Crippen molar-refractivity contribution in [3.63, 3.8) is 0 Å². The summed E-state index contributed by atoms with van der Waals surface area (Å²) < 4.78 is 1.17. The highest BCUT2D eigenvalue weighted by Gasteiger charge is 2.15. The van der Waals surface area contributed by atoms with Gasteiger partial charge in [-0.05, 0) is 49.6 Å². The predicted octanol–water partition coefficient (Wildman–Crippen LogP) is 5.92. The minimum absolute atomic E-state index is 0.290. The maximum Gasteiger partial charge on any atom is 0.0741 e. The van der Waals surface area contributed by atoms with Gasteiger partial charge in [-0.3, -0.25) is 0 Å². The van der Waals surface area contributed by atoms with Crippen LogP contribution in [0.2, 0.25) is 0 Å². The fourth-order valence-corrected chi connectivity index (χ4v) is 4.19. The van der Waals surface area contributed by atoms with Gasteiger partial charge in [0.15, 0.2) is 0 Å². The Balaban J connectivity index is 2.40. The first-order chi connectivity index (χ1) is 7.99.